The number of methoxy groups -OCH3 is 1. The smallest absolute Gasteiger partial charge is 0.326 e. The maximum atomic E-state index is 12.1. The number of likely N-dealkylation sites (tertiary alicyclic amines) is 1. The van der Waals surface area contributed by atoms with Crippen molar-refractivity contribution >= 4 is 12.0 Å². The number of amides is 2. The van der Waals surface area contributed by atoms with Crippen molar-refractivity contribution in [3.63, 3.8) is 0 Å². The van der Waals surface area contributed by atoms with E-state index in [4.69, 9.17) is 4.74 Å². The van der Waals surface area contributed by atoms with Gasteiger partial charge < -0.3 is 20.1 Å². The molecule has 2 rings (SSSR count). The number of ether oxygens (including phenoxy) is 1. The summed E-state index contributed by atoms with van der Waals surface area (Å²) in [4.78, 5) is 24.8. The largest absolute Gasteiger partial charge is 0.480 e. The highest BCUT2D eigenvalue weighted by Crippen LogP contribution is 2.25. The van der Waals surface area contributed by atoms with E-state index in [1.165, 1.54) is 4.90 Å². The number of carboxylic acids is 1. The molecule has 6 heteroatoms. The Bertz CT molecular complexity index is 355. The molecule has 2 aliphatic rings. The van der Waals surface area contributed by atoms with Gasteiger partial charge in [-0.3, -0.25) is 0 Å². The Kier molecular flexibility index (Phi) is 4.29. The average Bonchev–Trinajstić information content (AvgIpc) is 2.32. The molecule has 6 nitrogen and oxygen atoms in total. The summed E-state index contributed by atoms with van der Waals surface area (Å²) in [6.45, 7) is 2.55. The van der Waals surface area contributed by atoms with Gasteiger partial charge in [-0.05, 0) is 31.6 Å². The van der Waals surface area contributed by atoms with Crippen LogP contribution in [0.15, 0.2) is 0 Å². The lowest BCUT2D eigenvalue weighted by Gasteiger charge is -2.40. The standard InChI is InChI=1S/C13H22N2O4/c1-8-3-4-15(11(5-8)12(16)17)13(18)14-9-6-10(7-9)19-2/h8-11H,3-7H2,1-2H3,(H,14,18)(H,16,17). The molecule has 2 N–H and O–H groups in total. The lowest BCUT2D eigenvalue weighted by Crippen LogP contribution is -2.57. The summed E-state index contributed by atoms with van der Waals surface area (Å²) in [6, 6.07) is -0.827. The first kappa shape index (κ1) is 14.1. The fraction of sp³-hybridized carbons (Fsp3) is 0.846. The molecule has 1 saturated heterocycles. The highest BCUT2D eigenvalue weighted by Gasteiger charge is 2.37. The summed E-state index contributed by atoms with van der Waals surface area (Å²) in [6.07, 6.45) is 3.24. The molecule has 2 atom stereocenters. The van der Waals surface area contributed by atoms with Crippen molar-refractivity contribution in [1.82, 2.24) is 10.2 Å². The topological polar surface area (TPSA) is 78.9 Å². The van der Waals surface area contributed by atoms with Crippen LogP contribution in [0.4, 0.5) is 4.79 Å². The van der Waals surface area contributed by atoms with E-state index in [2.05, 4.69) is 5.32 Å². The first-order valence-electron chi connectivity index (χ1n) is 6.84. The predicted molar refractivity (Wildman–Crippen MR) is 68.9 cm³/mol. The lowest BCUT2D eigenvalue weighted by atomic mass is 9.89. The van der Waals surface area contributed by atoms with Gasteiger partial charge in [-0.15, -0.1) is 0 Å². The zero-order chi connectivity index (χ0) is 14.0. The number of carboxylic acid groups (broad SMARTS) is 1. The highest BCUT2D eigenvalue weighted by atomic mass is 16.5. The number of nitrogens with one attached hydrogen (secondary N) is 1. The zero-order valence-corrected chi connectivity index (χ0v) is 11.5. The molecule has 0 aromatic heterocycles. The monoisotopic (exact) mass is 270 g/mol. The van der Waals surface area contributed by atoms with E-state index < -0.39 is 12.0 Å². The molecule has 0 bridgehead atoms. The average molecular weight is 270 g/mol. The van der Waals surface area contributed by atoms with Crippen LogP contribution in [0.5, 0.6) is 0 Å². The first-order chi connectivity index (χ1) is 9.01. The summed E-state index contributed by atoms with van der Waals surface area (Å²) in [5, 5.41) is 12.1. The third kappa shape index (κ3) is 3.18. The van der Waals surface area contributed by atoms with Crippen molar-refractivity contribution in [2.75, 3.05) is 13.7 Å². The molecule has 2 fully saturated rings. The van der Waals surface area contributed by atoms with Crippen LogP contribution in [0.3, 0.4) is 0 Å². The molecule has 0 aromatic rings. The Hall–Kier alpha value is -1.30. The second-order valence-electron chi connectivity index (χ2n) is 5.65. The van der Waals surface area contributed by atoms with Crippen molar-refractivity contribution in [2.24, 2.45) is 5.92 Å². The molecule has 19 heavy (non-hydrogen) atoms. The van der Waals surface area contributed by atoms with E-state index in [0.717, 1.165) is 19.3 Å². The zero-order valence-electron chi connectivity index (χ0n) is 11.5. The number of urea groups is 1. The van der Waals surface area contributed by atoms with Crippen LogP contribution in [0, 0.1) is 5.92 Å². The van der Waals surface area contributed by atoms with E-state index in [1.54, 1.807) is 7.11 Å². The minimum atomic E-state index is -0.912. The molecule has 1 saturated carbocycles. The summed E-state index contributed by atoms with van der Waals surface area (Å²) in [7, 11) is 1.66. The predicted octanol–water partition coefficient (Wildman–Crippen LogP) is 1.06. The quantitative estimate of drug-likeness (QED) is 0.803. The summed E-state index contributed by atoms with van der Waals surface area (Å²) in [5.41, 5.74) is 0. The van der Waals surface area contributed by atoms with Gasteiger partial charge in [0.1, 0.15) is 6.04 Å². The van der Waals surface area contributed by atoms with Crippen LogP contribution in [0.25, 0.3) is 0 Å². The third-order valence-corrected chi connectivity index (χ3v) is 4.17. The molecule has 0 radical (unpaired) electrons. The van der Waals surface area contributed by atoms with Gasteiger partial charge >= 0.3 is 12.0 Å². The van der Waals surface area contributed by atoms with Gasteiger partial charge in [0.2, 0.25) is 0 Å². The molecule has 0 aromatic carbocycles. The summed E-state index contributed by atoms with van der Waals surface area (Å²) >= 11 is 0. The fourth-order valence-electron chi connectivity index (χ4n) is 2.75. The Morgan fingerprint density at radius 2 is 2.00 bits per heavy atom. The molecule has 1 aliphatic carbocycles. The SMILES string of the molecule is COC1CC(NC(=O)N2CCC(C)CC2C(=O)O)C1. The van der Waals surface area contributed by atoms with Crippen LogP contribution < -0.4 is 5.32 Å². The van der Waals surface area contributed by atoms with Crippen LogP contribution in [0.2, 0.25) is 0 Å². The second kappa shape index (κ2) is 5.77. The maximum Gasteiger partial charge on any atom is 0.326 e. The van der Waals surface area contributed by atoms with E-state index in [9.17, 15) is 14.7 Å². The number of aliphatic carboxylic acids is 1. The fourth-order valence-corrected chi connectivity index (χ4v) is 2.75. The van der Waals surface area contributed by atoms with Crippen molar-refractivity contribution in [1.29, 1.82) is 0 Å². The van der Waals surface area contributed by atoms with Crippen molar-refractivity contribution in [3.8, 4) is 0 Å². The Balaban J connectivity index is 1.88. The molecule has 1 aliphatic heterocycles. The summed E-state index contributed by atoms with van der Waals surface area (Å²) in [5.74, 6) is -0.559. The van der Waals surface area contributed by atoms with Crippen LogP contribution >= 0.6 is 0 Å². The molecule has 0 spiro atoms. The minimum absolute atomic E-state index is 0.117. The Morgan fingerprint density at radius 1 is 1.32 bits per heavy atom. The van der Waals surface area contributed by atoms with E-state index >= 15 is 0 Å². The van der Waals surface area contributed by atoms with Crippen molar-refractivity contribution < 1.29 is 19.4 Å². The number of nitrogens with zero attached hydrogens (tertiary/aromatic N) is 1. The maximum absolute atomic E-state index is 12.1. The third-order valence-electron chi connectivity index (χ3n) is 4.17. The number of carbonyl (C=O) groups is 2. The van der Waals surface area contributed by atoms with Gasteiger partial charge in [0.15, 0.2) is 0 Å². The number of piperidine rings is 1. The molecular formula is C13H22N2O4. The van der Waals surface area contributed by atoms with E-state index in [-0.39, 0.29) is 18.2 Å². The van der Waals surface area contributed by atoms with Crippen LogP contribution in [-0.4, -0.2) is 53.8 Å². The molecule has 108 valence electrons. The Morgan fingerprint density at radius 3 is 2.58 bits per heavy atom. The van der Waals surface area contributed by atoms with Gasteiger partial charge in [-0.25, -0.2) is 9.59 Å². The van der Waals surface area contributed by atoms with Gasteiger partial charge in [0.05, 0.1) is 6.10 Å². The van der Waals surface area contributed by atoms with Crippen molar-refractivity contribution in [3.05, 3.63) is 0 Å². The Labute approximate surface area is 113 Å². The van der Waals surface area contributed by atoms with Gasteiger partial charge in [-0.1, -0.05) is 6.92 Å². The van der Waals surface area contributed by atoms with Crippen molar-refractivity contribution in [2.45, 2.75) is 50.8 Å². The summed E-state index contributed by atoms with van der Waals surface area (Å²) < 4.78 is 5.16. The number of hydrogen-bond donors (Lipinski definition) is 2. The van der Waals surface area contributed by atoms with Crippen LogP contribution in [-0.2, 0) is 9.53 Å². The van der Waals surface area contributed by atoms with Gasteiger partial charge in [0.25, 0.3) is 0 Å². The number of carbonyl (C=O) groups excluding carboxylic acids is 1. The van der Waals surface area contributed by atoms with Gasteiger partial charge in [-0.2, -0.15) is 0 Å². The second-order valence-corrected chi connectivity index (χ2v) is 5.65. The number of hydrogen-bond acceptors (Lipinski definition) is 3. The normalized spacial score (nSPS) is 34.5. The molecular weight excluding hydrogens is 248 g/mol. The van der Waals surface area contributed by atoms with Crippen LogP contribution in [0.1, 0.15) is 32.6 Å². The van der Waals surface area contributed by atoms with E-state index in [0.29, 0.717) is 18.9 Å². The highest BCUT2D eigenvalue weighted by molar-refractivity contribution is 5.83. The molecule has 2 amide bonds. The molecule has 1 heterocycles. The first-order valence-corrected chi connectivity index (χ1v) is 6.84. The minimum Gasteiger partial charge on any atom is -0.480 e. The van der Waals surface area contributed by atoms with E-state index in [1.807, 2.05) is 6.92 Å². The lowest BCUT2D eigenvalue weighted by molar-refractivity contribution is -0.143. The molecule has 2 unspecified atom stereocenters. The number of rotatable bonds is 3. The van der Waals surface area contributed by atoms with Gasteiger partial charge in [0, 0.05) is 19.7 Å².